The molecule has 0 saturated heterocycles. The van der Waals surface area contributed by atoms with Gasteiger partial charge in [-0.05, 0) is 29.7 Å². The van der Waals surface area contributed by atoms with Crippen molar-refractivity contribution in [2.45, 2.75) is 19.4 Å². The second kappa shape index (κ2) is 7.75. The van der Waals surface area contributed by atoms with Crippen molar-refractivity contribution in [3.63, 3.8) is 0 Å². The minimum Gasteiger partial charge on any atom is -0.331 e. The Morgan fingerprint density at radius 1 is 1.24 bits per heavy atom. The number of fused-ring (bicyclic) bond motifs is 1. The molecular weight excluding hydrogens is 368 g/mol. The topological polar surface area (TPSA) is 92.2 Å². The zero-order valence-corrected chi connectivity index (χ0v) is 16.3. The maximum Gasteiger partial charge on any atom is 0.324 e. The number of amides is 3. The lowest BCUT2D eigenvalue weighted by molar-refractivity contribution is -0.115. The molecule has 148 valence electrons. The minimum absolute atomic E-state index is 0.0633. The van der Waals surface area contributed by atoms with Crippen molar-refractivity contribution in [1.82, 2.24) is 20.1 Å². The Bertz CT molecular complexity index is 1040. The van der Waals surface area contributed by atoms with Crippen molar-refractivity contribution < 1.29 is 9.59 Å². The fourth-order valence-electron chi connectivity index (χ4n) is 3.41. The molecule has 1 aromatic carbocycles. The third-order valence-corrected chi connectivity index (χ3v) is 4.92. The van der Waals surface area contributed by atoms with Crippen molar-refractivity contribution in [1.29, 1.82) is 0 Å². The number of aromatic nitrogens is 3. The minimum atomic E-state index is -0.344. The number of hydrogen-bond donors (Lipinski definition) is 2. The summed E-state index contributed by atoms with van der Waals surface area (Å²) in [6.07, 6.45) is 6.10. The molecular formula is C21H22N6O2. The van der Waals surface area contributed by atoms with E-state index in [0.29, 0.717) is 17.9 Å². The Kier molecular flexibility index (Phi) is 4.99. The molecule has 0 saturated carbocycles. The number of aryl methyl sites for hydroxylation is 1. The summed E-state index contributed by atoms with van der Waals surface area (Å²) in [6.45, 7) is 1.95. The van der Waals surface area contributed by atoms with Gasteiger partial charge in [-0.2, -0.15) is 5.10 Å². The second-order valence-electron chi connectivity index (χ2n) is 6.94. The van der Waals surface area contributed by atoms with Crippen molar-refractivity contribution >= 4 is 23.4 Å². The van der Waals surface area contributed by atoms with E-state index in [4.69, 9.17) is 0 Å². The van der Waals surface area contributed by atoms with E-state index < -0.39 is 0 Å². The fraction of sp³-hybridized carbons (Fsp3) is 0.238. The van der Waals surface area contributed by atoms with E-state index in [1.165, 1.54) is 4.90 Å². The molecule has 0 radical (unpaired) electrons. The summed E-state index contributed by atoms with van der Waals surface area (Å²) in [5.41, 5.74) is 3.64. The predicted octanol–water partition coefficient (Wildman–Crippen LogP) is 3.10. The van der Waals surface area contributed by atoms with Gasteiger partial charge >= 0.3 is 6.03 Å². The van der Waals surface area contributed by atoms with Gasteiger partial charge < -0.3 is 10.6 Å². The summed E-state index contributed by atoms with van der Waals surface area (Å²) in [5, 5.41) is 9.96. The van der Waals surface area contributed by atoms with Crippen LogP contribution >= 0.6 is 0 Å². The predicted molar refractivity (Wildman–Crippen MR) is 110 cm³/mol. The second-order valence-corrected chi connectivity index (χ2v) is 6.94. The molecule has 1 unspecified atom stereocenters. The van der Waals surface area contributed by atoms with Crippen LogP contribution in [0.5, 0.6) is 0 Å². The molecule has 0 bridgehead atoms. The number of nitrogens with zero attached hydrogens (tertiary/aromatic N) is 4. The standard InChI is InChI=1S/C21H22N6O2/c1-3-17(15-8-6-14(7-9-15)16-11-23-26(2)12-16)25-21(29)27-13-19(28)24-18-5-4-10-22-20(18)27/h4-12,17H,3,13H2,1-2H3,(H,24,28)(H,25,29). The van der Waals surface area contributed by atoms with Crippen LogP contribution in [0.4, 0.5) is 16.3 Å². The number of anilines is 2. The van der Waals surface area contributed by atoms with Gasteiger partial charge in [0.25, 0.3) is 0 Å². The molecule has 3 aromatic rings. The van der Waals surface area contributed by atoms with Crippen LogP contribution in [0.2, 0.25) is 0 Å². The van der Waals surface area contributed by atoms with E-state index in [1.54, 1.807) is 23.0 Å². The Hall–Kier alpha value is -3.68. The third-order valence-electron chi connectivity index (χ3n) is 4.92. The largest absolute Gasteiger partial charge is 0.331 e. The number of nitrogens with one attached hydrogen (secondary N) is 2. The van der Waals surface area contributed by atoms with Gasteiger partial charge in [-0.1, -0.05) is 31.2 Å². The molecule has 0 fully saturated rings. The third kappa shape index (κ3) is 3.82. The molecule has 2 aromatic heterocycles. The lowest BCUT2D eigenvalue weighted by Gasteiger charge is -2.29. The first kappa shape index (κ1) is 18.7. The van der Waals surface area contributed by atoms with E-state index in [-0.39, 0.29) is 24.5 Å². The highest BCUT2D eigenvalue weighted by atomic mass is 16.2. The molecule has 4 rings (SSSR count). The maximum atomic E-state index is 12.9. The maximum absolute atomic E-state index is 12.9. The molecule has 1 aliphatic rings. The van der Waals surface area contributed by atoms with Crippen LogP contribution in [-0.2, 0) is 11.8 Å². The van der Waals surface area contributed by atoms with Crippen LogP contribution in [0.25, 0.3) is 11.1 Å². The highest BCUT2D eigenvalue weighted by Gasteiger charge is 2.29. The van der Waals surface area contributed by atoms with Gasteiger partial charge in [0.15, 0.2) is 5.82 Å². The van der Waals surface area contributed by atoms with Gasteiger partial charge in [0, 0.05) is 25.0 Å². The monoisotopic (exact) mass is 390 g/mol. The summed E-state index contributed by atoms with van der Waals surface area (Å²) < 4.78 is 1.76. The molecule has 8 nitrogen and oxygen atoms in total. The summed E-state index contributed by atoms with van der Waals surface area (Å²) in [7, 11) is 1.88. The molecule has 1 aliphatic heterocycles. The SMILES string of the molecule is CCC(NC(=O)N1CC(=O)Nc2cccnc21)c1ccc(-c2cnn(C)c2)cc1. The van der Waals surface area contributed by atoms with E-state index in [1.807, 2.05) is 50.6 Å². The summed E-state index contributed by atoms with van der Waals surface area (Å²) in [5.74, 6) is 0.209. The van der Waals surface area contributed by atoms with E-state index in [0.717, 1.165) is 16.7 Å². The number of carbonyl (C=O) groups excluding carboxylic acids is 2. The normalized spacial score (nSPS) is 14.1. The average Bonchev–Trinajstić information content (AvgIpc) is 3.17. The molecule has 1 atom stereocenters. The number of pyridine rings is 1. The number of carbonyl (C=O) groups is 2. The molecule has 0 spiro atoms. The molecule has 3 amide bonds. The van der Waals surface area contributed by atoms with Gasteiger partial charge in [-0.3, -0.25) is 14.4 Å². The van der Waals surface area contributed by atoms with Gasteiger partial charge in [0.05, 0.1) is 17.9 Å². The van der Waals surface area contributed by atoms with Crippen LogP contribution in [0.3, 0.4) is 0 Å². The smallest absolute Gasteiger partial charge is 0.324 e. The lowest BCUT2D eigenvalue weighted by Crippen LogP contribution is -2.48. The van der Waals surface area contributed by atoms with Crippen LogP contribution in [0, 0.1) is 0 Å². The Labute approximate surface area is 168 Å². The molecule has 29 heavy (non-hydrogen) atoms. The van der Waals surface area contributed by atoms with Gasteiger partial charge in [-0.25, -0.2) is 9.78 Å². The van der Waals surface area contributed by atoms with Crippen molar-refractivity contribution in [3.8, 4) is 11.1 Å². The average molecular weight is 390 g/mol. The first-order chi connectivity index (χ1) is 14.0. The van der Waals surface area contributed by atoms with Crippen molar-refractivity contribution in [2.24, 2.45) is 7.05 Å². The van der Waals surface area contributed by atoms with Gasteiger partial charge in [0.1, 0.15) is 6.54 Å². The summed E-state index contributed by atoms with van der Waals surface area (Å²) >= 11 is 0. The number of hydrogen-bond acceptors (Lipinski definition) is 4. The number of rotatable bonds is 4. The lowest BCUT2D eigenvalue weighted by atomic mass is 10.0. The van der Waals surface area contributed by atoms with Crippen LogP contribution in [0.15, 0.2) is 55.0 Å². The molecule has 3 heterocycles. The van der Waals surface area contributed by atoms with Gasteiger partial charge in [0.2, 0.25) is 5.91 Å². The fourth-order valence-corrected chi connectivity index (χ4v) is 3.41. The number of benzene rings is 1. The van der Waals surface area contributed by atoms with Crippen LogP contribution in [0.1, 0.15) is 24.9 Å². The molecule has 2 N–H and O–H groups in total. The quantitative estimate of drug-likeness (QED) is 0.716. The highest BCUT2D eigenvalue weighted by Crippen LogP contribution is 2.27. The Balaban J connectivity index is 1.52. The van der Waals surface area contributed by atoms with Crippen LogP contribution in [-0.4, -0.2) is 33.2 Å². The zero-order valence-electron chi connectivity index (χ0n) is 16.3. The Morgan fingerprint density at radius 3 is 2.72 bits per heavy atom. The summed E-state index contributed by atoms with van der Waals surface area (Å²) in [4.78, 5) is 30.5. The highest BCUT2D eigenvalue weighted by molar-refractivity contribution is 6.08. The summed E-state index contributed by atoms with van der Waals surface area (Å²) in [6, 6.07) is 11.0. The van der Waals surface area contributed by atoms with E-state index >= 15 is 0 Å². The van der Waals surface area contributed by atoms with Crippen molar-refractivity contribution in [3.05, 3.63) is 60.6 Å². The zero-order chi connectivity index (χ0) is 20.4. The van der Waals surface area contributed by atoms with Crippen LogP contribution < -0.4 is 15.5 Å². The molecule has 0 aliphatic carbocycles. The van der Waals surface area contributed by atoms with E-state index in [2.05, 4.69) is 20.7 Å². The first-order valence-corrected chi connectivity index (χ1v) is 9.47. The number of urea groups is 1. The Morgan fingerprint density at radius 2 is 2.03 bits per heavy atom. The van der Waals surface area contributed by atoms with Gasteiger partial charge in [-0.15, -0.1) is 0 Å². The first-order valence-electron chi connectivity index (χ1n) is 9.47. The van der Waals surface area contributed by atoms with E-state index in [9.17, 15) is 9.59 Å². The van der Waals surface area contributed by atoms with Crippen molar-refractivity contribution in [2.75, 3.05) is 16.8 Å². The molecule has 8 heteroatoms.